The van der Waals surface area contributed by atoms with Gasteiger partial charge in [-0.1, -0.05) is 22.9 Å². The average molecular weight is 337 g/mol. The van der Waals surface area contributed by atoms with Gasteiger partial charge in [-0.05, 0) is 55.3 Å². The molecule has 0 radical (unpaired) electrons. The molecule has 1 aromatic heterocycles. The van der Waals surface area contributed by atoms with E-state index in [1.54, 1.807) is 18.5 Å². The summed E-state index contributed by atoms with van der Waals surface area (Å²) in [6.45, 7) is 2.97. The molecular weight excluding hydrogens is 319 g/mol. The van der Waals surface area contributed by atoms with Crippen molar-refractivity contribution < 1.29 is 4.39 Å². The summed E-state index contributed by atoms with van der Waals surface area (Å²) in [6, 6.07) is 8.99. The molecule has 1 N–H and O–H groups in total. The molecule has 0 aliphatic carbocycles. The molecule has 0 fully saturated rings. The number of nitrogens with zero attached hydrogens (tertiary/aromatic N) is 1. The summed E-state index contributed by atoms with van der Waals surface area (Å²) in [5, 5.41) is 3.42. The zero-order valence-electron chi connectivity index (χ0n) is 11.4. The van der Waals surface area contributed by atoms with Crippen LogP contribution in [-0.2, 0) is 6.42 Å². The minimum Gasteiger partial charge on any atom is -0.310 e. The maximum Gasteiger partial charge on any atom is 0.128 e. The van der Waals surface area contributed by atoms with Crippen LogP contribution in [0, 0.1) is 5.82 Å². The minimum atomic E-state index is -0.171. The van der Waals surface area contributed by atoms with Crippen molar-refractivity contribution in [2.75, 3.05) is 6.54 Å². The zero-order valence-corrected chi connectivity index (χ0v) is 13.0. The topological polar surface area (TPSA) is 24.9 Å². The Labute approximate surface area is 127 Å². The first-order valence-corrected chi connectivity index (χ1v) is 7.57. The molecule has 0 spiro atoms. The summed E-state index contributed by atoms with van der Waals surface area (Å²) in [5.74, 6) is -0.171. The number of nitrogens with one attached hydrogen (secondary N) is 1. The van der Waals surface area contributed by atoms with Crippen molar-refractivity contribution in [3.8, 4) is 0 Å². The van der Waals surface area contributed by atoms with Crippen molar-refractivity contribution in [2.45, 2.75) is 25.8 Å². The highest BCUT2D eigenvalue weighted by Crippen LogP contribution is 2.24. The number of aromatic nitrogens is 1. The van der Waals surface area contributed by atoms with Gasteiger partial charge in [0.25, 0.3) is 0 Å². The summed E-state index contributed by atoms with van der Waals surface area (Å²) < 4.78 is 15.0. The van der Waals surface area contributed by atoms with Gasteiger partial charge in [0, 0.05) is 28.5 Å². The Kier molecular flexibility index (Phi) is 5.68. The Balaban J connectivity index is 2.24. The quantitative estimate of drug-likeness (QED) is 0.852. The van der Waals surface area contributed by atoms with Gasteiger partial charge in [-0.15, -0.1) is 0 Å². The lowest BCUT2D eigenvalue weighted by atomic mass is 9.99. The van der Waals surface area contributed by atoms with Crippen LogP contribution >= 0.6 is 15.9 Å². The van der Waals surface area contributed by atoms with Crippen LogP contribution in [-0.4, -0.2) is 11.5 Å². The highest BCUT2D eigenvalue weighted by molar-refractivity contribution is 9.10. The van der Waals surface area contributed by atoms with E-state index in [-0.39, 0.29) is 11.9 Å². The third kappa shape index (κ3) is 4.12. The number of halogens is 2. The molecule has 1 atom stereocenters. The minimum absolute atomic E-state index is 0.0325. The Morgan fingerprint density at radius 3 is 2.70 bits per heavy atom. The molecule has 0 amide bonds. The van der Waals surface area contributed by atoms with Crippen LogP contribution < -0.4 is 5.32 Å². The lowest BCUT2D eigenvalue weighted by Crippen LogP contribution is -2.25. The zero-order chi connectivity index (χ0) is 14.4. The Morgan fingerprint density at radius 1 is 1.25 bits per heavy atom. The highest BCUT2D eigenvalue weighted by atomic mass is 79.9. The van der Waals surface area contributed by atoms with E-state index in [1.807, 2.05) is 18.2 Å². The summed E-state index contributed by atoms with van der Waals surface area (Å²) in [5.41, 5.74) is 1.85. The van der Waals surface area contributed by atoms with Gasteiger partial charge in [-0.2, -0.15) is 0 Å². The predicted octanol–water partition coefficient (Wildman–Crippen LogP) is 4.27. The first kappa shape index (κ1) is 15.1. The summed E-state index contributed by atoms with van der Waals surface area (Å²) in [7, 11) is 0. The molecule has 4 heteroatoms. The van der Waals surface area contributed by atoms with Gasteiger partial charge in [-0.3, -0.25) is 4.98 Å². The van der Waals surface area contributed by atoms with Crippen molar-refractivity contribution in [1.29, 1.82) is 0 Å². The lowest BCUT2D eigenvalue weighted by molar-refractivity contribution is 0.496. The van der Waals surface area contributed by atoms with E-state index >= 15 is 0 Å². The molecule has 2 nitrogen and oxygen atoms in total. The van der Waals surface area contributed by atoms with Gasteiger partial charge in [0.15, 0.2) is 0 Å². The second kappa shape index (κ2) is 7.50. The predicted molar refractivity (Wildman–Crippen MR) is 83.1 cm³/mol. The first-order chi connectivity index (χ1) is 9.70. The molecule has 1 aromatic carbocycles. The molecular formula is C16H18BrFN2. The van der Waals surface area contributed by atoms with Gasteiger partial charge >= 0.3 is 0 Å². The van der Waals surface area contributed by atoms with E-state index in [0.29, 0.717) is 5.56 Å². The molecule has 20 heavy (non-hydrogen) atoms. The Bertz CT molecular complexity index is 545. The third-order valence-electron chi connectivity index (χ3n) is 3.16. The molecule has 0 aliphatic heterocycles. The van der Waals surface area contributed by atoms with Crippen LogP contribution in [0.2, 0.25) is 0 Å². The maximum absolute atomic E-state index is 14.1. The average Bonchev–Trinajstić information content (AvgIpc) is 2.47. The Hall–Kier alpha value is -1.26. The monoisotopic (exact) mass is 336 g/mol. The molecule has 106 valence electrons. The first-order valence-electron chi connectivity index (χ1n) is 6.78. The SMILES string of the molecule is CCCNC(Cc1ccncc1)c1cc(Br)ccc1F. The van der Waals surface area contributed by atoms with Crippen LogP contribution in [0.25, 0.3) is 0 Å². The van der Waals surface area contributed by atoms with Crippen molar-refractivity contribution in [1.82, 2.24) is 10.3 Å². The van der Waals surface area contributed by atoms with Crippen molar-refractivity contribution >= 4 is 15.9 Å². The molecule has 0 aliphatic rings. The van der Waals surface area contributed by atoms with E-state index in [9.17, 15) is 4.39 Å². The number of hydrogen-bond donors (Lipinski definition) is 1. The van der Waals surface area contributed by atoms with E-state index in [4.69, 9.17) is 0 Å². The number of hydrogen-bond acceptors (Lipinski definition) is 2. The molecule has 0 saturated carbocycles. The normalized spacial score (nSPS) is 12.3. The van der Waals surface area contributed by atoms with Gasteiger partial charge < -0.3 is 5.32 Å². The Morgan fingerprint density at radius 2 is 2.00 bits per heavy atom. The molecule has 1 unspecified atom stereocenters. The number of pyridine rings is 1. The van der Waals surface area contributed by atoms with E-state index in [1.165, 1.54) is 6.07 Å². The third-order valence-corrected chi connectivity index (χ3v) is 3.66. The lowest BCUT2D eigenvalue weighted by Gasteiger charge is -2.20. The van der Waals surface area contributed by atoms with Crippen LogP contribution in [0.15, 0.2) is 47.2 Å². The summed E-state index contributed by atoms with van der Waals surface area (Å²) in [4.78, 5) is 4.02. The molecule has 0 saturated heterocycles. The van der Waals surface area contributed by atoms with E-state index in [2.05, 4.69) is 33.2 Å². The van der Waals surface area contributed by atoms with Crippen molar-refractivity contribution in [3.05, 3.63) is 64.1 Å². The van der Waals surface area contributed by atoms with Crippen LogP contribution in [0.3, 0.4) is 0 Å². The molecule has 2 rings (SSSR count). The highest BCUT2D eigenvalue weighted by Gasteiger charge is 2.16. The van der Waals surface area contributed by atoms with Gasteiger partial charge in [0.1, 0.15) is 5.82 Å². The molecule has 0 bridgehead atoms. The van der Waals surface area contributed by atoms with Gasteiger partial charge in [-0.25, -0.2) is 4.39 Å². The fourth-order valence-corrected chi connectivity index (χ4v) is 2.53. The van der Waals surface area contributed by atoms with Crippen molar-refractivity contribution in [2.24, 2.45) is 0 Å². The standard InChI is InChI=1S/C16H18BrFN2/c1-2-7-20-16(10-12-5-8-19-9-6-12)14-11-13(17)3-4-15(14)18/h3-6,8-9,11,16,20H,2,7,10H2,1H3. The van der Waals surface area contributed by atoms with Crippen molar-refractivity contribution in [3.63, 3.8) is 0 Å². The smallest absolute Gasteiger partial charge is 0.128 e. The fraction of sp³-hybridized carbons (Fsp3) is 0.312. The van der Waals surface area contributed by atoms with E-state index in [0.717, 1.165) is 29.4 Å². The van der Waals surface area contributed by atoms with Crippen LogP contribution in [0.4, 0.5) is 4.39 Å². The molecule has 2 aromatic rings. The summed E-state index contributed by atoms with van der Waals surface area (Å²) >= 11 is 3.41. The maximum atomic E-state index is 14.1. The fourth-order valence-electron chi connectivity index (χ4n) is 2.15. The largest absolute Gasteiger partial charge is 0.310 e. The second-order valence-corrected chi connectivity index (χ2v) is 5.65. The number of benzene rings is 1. The van der Waals surface area contributed by atoms with Crippen LogP contribution in [0.1, 0.15) is 30.5 Å². The second-order valence-electron chi connectivity index (χ2n) is 4.73. The van der Waals surface area contributed by atoms with E-state index < -0.39 is 0 Å². The van der Waals surface area contributed by atoms with Gasteiger partial charge in [0.05, 0.1) is 0 Å². The number of rotatable bonds is 6. The summed E-state index contributed by atoms with van der Waals surface area (Å²) in [6.07, 6.45) is 5.30. The molecule has 1 heterocycles. The van der Waals surface area contributed by atoms with Crippen LogP contribution in [0.5, 0.6) is 0 Å². The van der Waals surface area contributed by atoms with Gasteiger partial charge in [0.2, 0.25) is 0 Å².